The third kappa shape index (κ3) is 5.04. The van der Waals surface area contributed by atoms with E-state index in [0.29, 0.717) is 5.92 Å². The Kier molecular flexibility index (Phi) is 6.55. The molecule has 1 aliphatic carbocycles. The van der Waals surface area contributed by atoms with Crippen LogP contribution in [0.2, 0.25) is 0 Å². The number of carbonyl (C=O) groups is 3. The summed E-state index contributed by atoms with van der Waals surface area (Å²) in [5.41, 5.74) is 1.16. The zero-order valence-corrected chi connectivity index (χ0v) is 14.7. The van der Waals surface area contributed by atoms with Gasteiger partial charge in [0, 0.05) is 31.6 Å². The normalized spacial score (nSPS) is 16.2. The van der Waals surface area contributed by atoms with Gasteiger partial charge in [-0.1, -0.05) is 19.3 Å². The maximum Gasteiger partial charge on any atom is 0.326 e. The van der Waals surface area contributed by atoms with Crippen molar-refractivity contribution < 1.29 is 19.5 Å². The van der Waals surface area contributed by atoms with Crippen molar-refractivity contribution in [3.8, 4) is 0 Å². The Hall–Kier alpha value is -2.38. The summed E-state index contributed by atoms with van der Waals surface area (Å²) in [6, 6.07) is 0.731. The Morgan fingerprint density at radius 3 is 2.64 bits per heavy atom. The standard InChI is InChI=1S/C17H26N4O4/c1-11(17(24)25)21(9-8-18-12(2)22)16(23)15-10-14(19-20-15)13-6-4-3-5-7-13/h10-11,13H,3-9H2,1-2H3,(H,18,22)(H,19,20)(H,24,25). The summed E-state index contributed by atoms with van der Waals surface area (Å²) in [5, 5.41) is 18.9. The minimum atomic E-state index is -1.10. The van der Waals surface area contributed by atoms with E-state index in [1.807, 2.05) is 0 Å². The number of amides is 2. The maximum absolute atomic E-state index is 12.7. The van der Waals surface area contributed by atoms with Crippen LogP contribution in [0, 0.1) is 0 Å². The molecule has 2 rings (SSSR count). The number of nitrogens with zero attached hydrogens (tertiary/aromatic N) is 2. The molecule has 2 amide bonds. The second-order valence-corrected chi connectivity index (χ2v) is 6.54. The number of carboxylic acids is 1. The van der Waals surface area contributed by atoms with Gasteiger partial charge in [0.05, 0.1) is 0 Å². The molecule has 1 heterocycles. The van der Waals surface area contributed by atoms with Crippen LogP contribution in [-0.4, -0.2) is 57.1 Å². The lowest BCUT2D eigenvalue weighted by molar-refractivity contribution is -0.141. The van der Waals surface area contributed by atoms with Crippen LogP contribution in [0.4, 0.5) is 0 Å². The van der Waals surface area contributed by atoms with Crippen LogP contribution in [0.15, 0.2) is 6.07 Å². The van der Waals surface area contributed by atoms with Gasteiger partial charge in [0.15, 0.2) is 0 Å². The number of aromatic amines is 1. The van der Waals surface area contributed by atoms with Crippen LogP contribution in [0.5, 0.6) is 0 Å². The monoisotopic (exact) mass is 350 g/mol. The van der Waals surface area contributed by atoms with Gasteiger partial charge in [0.2, 0.25) is 5.91 Å². The average Bonchev–Trinajstić information content (AvgIpc) is 3.08. The molecule has 1 saturated carbocycles. The van der Waals surface area contributed by atoms with Crippen molar-refractivity contribution in [2.45, 2.75) is 57.9 Å². The highest BCUT2D eigenvalue weighted by molar-refractivity contribution is 5.95. The molecule has 0 aromatic carbocycles. The summed E-state index contributed by atoms with van der Waals surface area (Å²) in [4.78, 5) is 36.3. The van der Waals surface area contributed by atoms with E-state index in [9.17, 15) is 19.5 Å². The fourth-order valence-electron chi connectivity index (χ4n) is 3.17. The molecule has 25 heavy (non-hydrogen) atoms. The number of hydrogen-bond donors (Lipinski definition) is 3. The molecular formula is C17H26N4O4. The van der Waals surface area contributed by atoms with E-state index < -0.39 is 17.9 Å². The van der Waals surface area contributed by atoms with Crippen LogP contribution in [0.25, 0.3) is 0 Å². The van der Waals surface area contributed by atoms with Crippen LogP contribution in [0.1, 0.15) is 68.1 Å². The second-order valence-electron chi connectivity index (χ2n) is 6.54. The van der Waals surface area contributed by atoms with Crippen molar-refractivity contribution in [2.75, 3.05) is 13.1 Å². The van der Waals surface area contributed by atoms with E-state index >= 15 is 0 Å². The summed E-state index contributed by atoms with van der Waals surface area (Å²) in [6.07, 6.45) is 5.74. The van der Waals surface area contributed by atoms with Gasteiger partial charge < -0.3 is 15.3 Å². The molecule has 0 aliphatic heterocycles. The molecule has 1 aliphatic rings. The van der Waals surface area contributed by atoms with Crippen LogP contribution >= 0.6 is 0 Å². The molecule has 0 bridgehead atoms. The molecular weight excluding hydrogens is 324 g/mol. The highest BCUT2D eigenvalue weighted by Gasteiger charge is 2.28. The van der Waals surface area contributed by atoms with Crippen molar-refractivity contribution in [1.82, 2.24) is 20.4 Å². The van der Waals surface area contributed by atoms with Gasteiger partial charge in [-0.2, -0.15) is 5.10 Å². The third-order valence-electron chi connectivity index (χ3n) is 4.67. The second kappa shape index (κ2) is 8.64. The highest BCUT2D eigenvalue weighted by atomic mass is 16.4. The first-order valence-electron chi connectivity index (χ1n) is 8.73. The molecule has 0 saturated heterocycles. The molecule has 0 radical (unpaired) electrons. The number of nitrogens with one attached hydrogen (secondary N) is 2. The third-order valence-corrected chi connectivity index (χ3v) is 4.67. The lowest BCUT2D eigenvalue weighted by Crippen LogP contribution is -2.46. The first-order valence-corrected chi connectivity index (χ1v) is 8.73. The molecule has 8 heteroatoms. The molecule has 8 nitrogen and oxygen atoms in total. The SMILES string of the molecule is CC(=O)NCCN(C(=O)c1cc(C2CCCCC2)[nH]n1)C(C)C(=O)O. The minimum absolute atomic E-state index is 0.109. The van der Waals surface area contributed by atoms with E-state index in [1.165, 1.54) is 38.0 Å². The predicted octanol–water partition coefficient (Wildman–Crippen LogP) is 1.51. The Morgan fingerprint density at radius 1 is 1.36 bits per heavy atom. The molecule has 138 valence electrons. The van der Waals surface area contributed by atoms with Crippen LogP contribution in [-0.2, 0) is 9.59 Å². The number of rotatable bonds is 7. The van der Waals surface area contributed by atoms with Crippen molar-refractivity contribution in [2.24, 2.45) is 0 Å². The molecule has 1 aromatic heterocycles. The van der Waals surface area contributed by atoms with Crippen molar-refractivity contribution in [3.63, 3.8) is 0 Å². The number of carbonyl (C=O) groups excluding carboxylic acids is 2. The largest absolute Gasteiger partial charge is 0.480 e. The number of aromatic nitrogens is 2. The lowest BCUT2D eigenvalue weighted by Gasteiger charge is -2.25. The van der Waals surface area contributed by atoms with E-state index in [-0.39, 0.29) is 24.7 Å². The summed E-state index contributed by atoms with van der Waals surface area (Å²) in [7, 11) is 0. The summed E-state index contributed by atoms with van der Waals surface area (Å²) < 4.78 is 0. The molecule has 1 aromatic rings. The van der Waals surface area contributed by atoms with E-state index in [2.05, 4.69) is 15.5 Å². The smallest absolute Gasteiger partial charge is 0.326 e. The Morgan fingerprint density at radius 2 is 2.04 bits per heavy atom. The Bertz CT molecular complexity index is 622. The van der Waals surface area contributed by atoms with Crippen LogP contribution in [0.3, 0.4) is 0 Å². The Balaban J connectivity index is 2.10. The molecule has 1 atom stereocenters. The van der Waals surface area contributed by atoms with Crippen molar-refractivity contribution in [1.29, 1.82) is 0 Å². The average molecular weight is 350 g/mol. The van der Waals surface area contributed by atoms with Gasteiger partial charge in [0.25, 0.3) is 5.91 Å². The molecule has 3 N–H and O–H groups in total. The van der Waals surface area contributed by atoms with Gasteiger partial charge >= 0.3 is 5.97 Å². The predicted molar refractivity (Wildman–Crippen MR) is 91.2 cm³/mol. The van der Waals surface area contributed by atoms with Gasteiger partial charge in [0.1, 0.15) is 11.7 Å². The van der Waals surface area contributed by atoms with Crippen molar-refractivity contribution >= 4 is 17.8 Å². The first-order chi connectivity index (χ1) is 11.9. The summed E-state index contributed by atoms with van der Waals surface area (Å²) in [5.74, 6) is -1.39. The number of aliphatic carboxylic acids is 1. The first kappa shape index (κ1) is 19.0. The molecule has 1 unspecified atom stereocenters. The molecule has 0 spiro atoms. The van der Waals surface area contributed by atoms with E-state index in [0.717, 1.165) is 18.5 Å². The highest BCUT2D eigenvalue weighted by Crippen LogP contribution is 2.31. The van der Waals surface area contributed by atoms with Gasteiger partial charge in [-0.15, -0.1) is 0 Å². The van der Waals surface area contributed by atoms with Crippen LogP contribution < -0.4 is 5.32 Å². The number of hydrogen-bond acceptors (Lipinski definition) is 4. The topological polar surface area (TPSA) is 115 Å². The number of carboxylic acid groups (broad SMARTS) is 1. The van der Waals surface area contributed by atoms with E-state index in [1.54, 1.807) is 6.07 Å². The minimum Gasteiger partial charge on any atom is -0.480 e. The van der Waals surface area contributed by atoms with Gasteiger partial charge in [-0.05, 0) is 25.8 Å². The maximum atomic E-state index is 12.7. The fourth-order valence-corrected chi connectivity index (χ4v) is 3.17. The Labute approximate surface area is 147 Å². The zero-order chi connectivity index (χ0) is 18.4. The fraction of sp³-hybridized carbons (Fsp3) is 0.647. The van der Waals surface area contributed by atoms with Gasteiger partial charge in [-0.3, -0.25) is 14.7 Å². The summed E-state index contributed by atoms with van der Waals surface area (Å²) >= 11 is 0. The van der Waals surface area contributed by atoms with Gasteiger partial charge in [-0.25, -0.2) is 4.79 Å². The summed E-state index contributed by atoms with van der Waals surface area (Å²) in [6.45, 7) is 3.12. The van der Waals surface area contributed by atoms with Crippen molar-refractivity contribution in [3.05, 3.63) is 17.5 Å². The lowest BCUT2D eigenvalue weighted by atomic mass is 9.87. The molecule has 1 fully saturated rings. The van der Waals surface area contributed by atoms with E-state index in [4.69, 9.17) is 0 Å². The number of H-pyrrole nitrogens is 1. The quantitative estimate of drug-likeness (QED) is 0.689. The zero-order valence-electron chi connectivity index (χ0n) is 14.7.